The Morgan fingerprint density at radius 3 is 2.70 bits per heavy atom. The van der Waals surface area contributed by atoms with E-state index in [1.54, 1.807) is 16.7 Å². The summed E-state index contributed by atoms with van der Waals surface area (Å²) in [5.41, 5.74) is 2.78. The third-order valence-electron chi connectivity index (χ3n) is 4.56. The van der Waals surface area contributed by atoms with Crippen molar-refractivity contribution in [1.82, 2.24) is 14.8 Å². The molecule has 0 bridgehead atoms. The normalized spacial score (nSPS) is 10.6. The molecule has 2 aromatic carbocycles. The van der Waals surface area contributed by atoms with Crippen LogP contribution in [0.2, 0.25) is 0 Å². The predicted molar refractivity (Wildman–Crippen MR) is 114 cm³/mol. The van der Waals surface area contributed by atoms with Crippen molar-refractivity contribution in [2.24, 2.45) is 7.05 Å². The maximum Gasteiger partial charge on any atom is 0.335 e. The van der Waals surface area contributed by atoms with Crippen LogP contribution in [-0.2, 0) is 18.4 Å². The third kappa shape index (κ3) is 5.18. The Balaban J connectivity index is 1.56. The zero-order valence-electron chi connectivity index (χ0n) is 16.9. The number of thioether (sulfide) groups is 1. The van der Waals surface area contributed by atoms with Gasteiger partial charge in [-0.25, -0.2) is 4.79 Å². The molecule has 3 rings (SSSR count). The number of aromatic carboxylic acids is 1. The van der Waals surface area contributed by atoms with Gasteiger partial charge in [0.05, 0.1) is 11.3 Å². The minimum Gasteiger partial charge on any atom is -0.485 e. The Morgan fingerprint density at radius 1 is 1.17 bits per heavy atom. The number of hydrogen-bond acceptors (Lipinski definition) is 6. The van der Waals surface area contributed by atoms with Crippen molar-refractivity contribution in [3.63, 3.8) is 0 Å². The first-order valence-electron chi connectivity index (χ1n) is 9.18. The molecular weight excluding hydrogens is 404 g/mol. The van der Waals surface area contributed by atoms with Crippen molar-refractivity contribution in [2.75, 3.05) is 11.1 Å². The highest BCUT2D eigenvalue weighted by Gasteiger charge is 2.13. The Hall–Kier alpha value is -3.33. The molecule has 8 nitrogen and oxygen atoms in total. The van der Waals surface area contributed by atoms with Crippen molar-refractivity contribution in [2.45, 2.75) is 25.6 Å². The van der Waals surface area contributed by atoms with Gasteiger partial charge in [0, 0.05) is 12.7 Å². The molecule has 30 heavy (non-hydrogen) atoms. The number of carbonyl (C=O) groups is 2. The number of anilines is 1. The van der Waals surface area contributed by atoms with Gasteiger partial charge >= 0.3 is 5.97 Å². The van der Waals surface area contributed by atoms with Gasteiger partial charge in [0.2, 0.25) is 5.91 Å². The van der Waals surface area contributed by atoms with Gasteiger partial charge in [0.1, 0.15) is 12.4 Å². The highest BCUT2D eigenvalue weighted by atomic mass is 32.2. The Kier molecular flexibility index (Phi) is 6.73. The van der Waals surface area contributed by atoms with Gasteiger partial charge in [-0.15, -0.1) is 10.2 Å². The van der Waals surface area contributed by atoms with Crippen LogP contribution >= 0.6 is 11.8 Å². The molecule has 1 amide bonds. The van der Waals surface area contributed by atoms with Crippen LogP contribution in [-0.4, -0.2) is 37.5 Å². The summed E-state index contributed by atoms with van der Waals surface area (Å²) >= 11 is 1.24. The zero-order valence-corrected chi connectivity index (χ0v) is 17.7. The topological polar surface area (TPSA) is 106 Å². The minimum atomic E-state index is -1.05. The van der Waals surface area contributed by atoms with Gasteiger partial charge in [-0.1, -0.05) is 30.0 Å². The Bertz CT molecular complexity index is 1080. The van der Waals surface area contributed by atoms with E-state index in [4.69, 9.17) is 9.84 Å². The molecule has 2 N–H and O–H groups in total. The van der Waals surface area contributed by atoms with Crippen molar-refractivity contribution in [3.8, 4) is 5.75 Å². The fourth-order valence-electron chi connectivity index (χ4n) is 2.68. The number of aromatic nitrogens is 3. The van der Waals surface area contributed by atoms with Gasteiger partial charge in [-0.3, -0.25) is 4.79 Å². The average Bonchev–Trinajstić information content (AvgIpc) is 3.07. The fourth-order valence-corrected chi connectivity index (χ4v) is 3.41. The van der Waals surface area contributed by atoms with E-state index in [0.717, 1.165) is 16.9 Å². The van der Waals surface area contributed by atoms with Crippen LogP contribution in [0.15, 0.2) is 47.6 Å². The lowest BCUT2D eigenvalue weighted by molar-refractivity contribution is -0.113. The number of amides is 1. The molecule has 9 heteroatoms. The molecule has 1 aromatic heterocycles. The van der Waals surface area contributed by atoms with E-state index >= 15 is 0 Å². The molecule has 0 saturated heterocycles. The second-order valence-electron chi connectivity index (χ2n) is 6.67. The first kappa shape index (κ1) is 21.4. The van der Waals surface area contributed by atoms with Crippen LogP contribution < -0.4 is 10.1 Å². The van der Waals surface area contributed by atoms with Crippen molar-refractivity contribution in [3.05, 3.63) is 65.0 Å². The molecule has 1 heterocycles. The van der Waals surface area contributed by atoms with Crippen LogP contribution in [0.25, 0.3) is 0 Å². The summed E-state index contributed by atoms with van der Waals surface area (Å²) < 4.78 is 7.66. The predicted octanol–water partition coefficient (Wildman–Crippen LogP) is 3.44. The molecule has 156 valence electrons. The molecule has 0 unspecified atom stereocenters. The number of aryl methyl sites for hydroxylation is 1. The number of nitrogens with zero attached hydrogens (tertiary/aromatic N) is 3. The fraction of sp³-hybridized carbons (Fsp3) is 0.238. The van der Waals surface area contributed by atoms with E-state index in [1.807, 2.05) is 39.1 Å². The van der Waals surface area contributed by atoms with Gasteiger partial charge in [0.25, 0.3) is 0 Å². The van der Waals surface area contributed by atoms with E-state index in [-0.39, 0.29) is 23.8 Å². The van der Waals surface area contributed by atoms with E-state index in [9.17, 15) is 9.59 Å². The third-order valence-corrected chi connectivity index (χ3v) is 5.58. The van der Waals surface area contributed by atoms with E-state index in [2.05, 4.69) is 15.5 Å². The standard InChI is InChI=1S/C21H22N4O4S/c1-13-6-4-9-17(14(13)2)29-11-18-23-24-21(25(18)3)30-12-19(26)22-16-8-5-7-15(10-16)20(27)28/h4-10H,11-12H2,1-3H3,(H,22,26)(H,27,28). The zero-order chi connectivity index (χ0) is 21.7. The van der Waals surface area contributed by atoms with E-state index in [0.29, 0.717) is 16.7 Å². The lowest BCUT2D eigenvalue weighted by atomic mass is 10.1. The smallest absolute Gasteiger partial charge is 0.335 e. The van der Waals surface area contributed by atoms with Crippen LogP contribution in [0.1, 0.15) is 27.3 Å². The van der Waals surface area contributed by atoms with Crippen molar-refractivity contribution >= 4 is 29.3 Å². The molecule has 0 spiro atoms. The number of ether oxygens (including phenoxy) is 1. The summed E-state index contributed by atoms with van der Waals surface area (Å²) in [6.45, 7) is 4.30. The second-order valence-corrected chi connectivity index (χ2v) is 7.61. The summed E-state index contributed by atoms with van der Waals surface area (Å²) in [5.74, 6) is 0.248. The SMILES string of the molecule is Cc1cccc(OCc2nnc(SCC(=O)Nc3cccc(C(=O)O)c3)n2C)c1C. The average molecular weight is 426 g/mol. The number of hydrogen-bond donors (Lipinski definition) is 2. The van der Waals surface area contributed by atoms with E-state index in [1.165, 1.54) is 23.9 Å². The summed E-state index contributed by atoms with van der Waals surface area (Å²) in [4.78, 5) is 23.2. The number of rotatable bonds is 8. The largest absolute Gasteiger partial charge is 0.485 e. The number of nitrogens with one attached hydrogen (secondary N) is 1. The van der Waals surface area contributed by atoms with E-state index < -0.39 is 5.97 Å². The monoisotopic (exact) mass is 426 g/mol. The molecule has 3 aromatic rings. The van der Waals surface area contributed by atoms with Crippen LogP contribution in [0.4, 0.5) is 5.69 Å². The van der Waals surface area contributed by atoms with Crippen molar-refractivity contribution in [1.29, 1.82) is 0 Å². The van der Waals surface area contributed by atoms with Gasteiger partial charge in [0.15, 0.2) is 11.0 Å². The first-order valence-corrected chi connectivity index (χ1v) is 10.2. The number of carbonyl (C=O) groups excluding carboxylic acids is 1. The number of benzene rings is 2. The molecule has 0 saturated carbocycles. The second kappa shape index (κ2) is 9.45. The summed E-state index contributed by atoms with van der Waals surface area (Å²) in [6.07, 6.45) is 0. The van der Waals surface area contributed by atoms with Crippen molar-refractivity contribution < 1.29 is 19.4 Å². The Labute approximate surface area is 178 Å². The molecule has 0 aliphatic rings. The quantitative estimate of drug-likeness (QED) is 0.532. The van der Waals surface area contributed by atoms with Gasteiger partial charge < -0.3 is 19.7 Å². The molecule has 0 radical (unpaired) electrons. The minimum absolute atomic E-state index is 0.112. The lowest BCUT2D eigenvalue weighted by Crippen LogP contribution is -2.15. The first-order chi connectivity index (χ1) is 14.3. The summed E-state index contributed by atoms with van der Waals surface area (Å²) in [5, 5.41) is 20.6. The summed E-state index contributed by atoms with van der Waals surface area (Å²) in [7, 11) is 1.82. The maximum absolute atomic E-state index is 12.2. The molecule has 0 aliphatic heterocycles. The van der Waals surface area contributed by atoms with Gasteiger partial charge in [-0.2, -0.15) is 0 Å². The molecular formula is C21H22N4O4S. The molecule has 0 aliphatic carbocycles. The summed E-state index contributed by atoms with van der Waals surface area (Å²) in [6, 6.07) is 12.0. The Morgan fingerprint density at radius 2 is 1.93 bits per heavy atom. The highest BCUT2D eigenvalue weighted by Crippen LogP contribution is 2.22. The van der Waals surface area contributed by atoms with Crippen LogP contribution in [0.5, 0.6) is 5.75 Å². The molecule has 0 fully saturated rings. The van der Waals surface area contributed by atoms with Crippen LogP contribution in [0, 0.1) is 13.8 Å². The molecule has 0 atom stereocenters. The number of carboxylic acids is 1. The lowest BCUT2D eigenvalue weighted by Gasteiger charge is -2.10. The maximum atomic E-state index is 12.2. The van der Waals surface area contributed by atoms with Crippen LogP contribution in [0.3, 0.4) is 0 Å². The number of carboxylic acid groups (broad SMARTS) is 1. The van der Waals surface area contributed by atoms with Gasteiger partial charge in [-0.05, 0) is 49.2 Å². The highest BCUT2D eigenvalue weighted by molar-refractivity contribution is 7.99.